The predicted octanol–water partition coefficient (Wildman–Crippen LogP) is 4.65. The van der Waals surface area contributed by atoms with Crippen LogP contribution < -0.4 is 15.8 Å². The number of hydrogen-bond acceptors (Lipinski definition) is 5. The molecule has 4 N–H and O–H groups in total. The number of anilines is 1. The fourth-order valence-corrected chi connectivity index (χ4v) is 2.96. The molecule has 0 unspecified atom stereocenters. The van der Waals surface area contributed by atoms with Gasteiger partial charge in [-0.2, -0.15) is 13.2 Å². The van der Waals surface area contributed by atoms with Crippen molar-refractivity contribution in [3.63, 3.8) is 0 Å². The van der Waals surface area contributed by atoms with Gasteiger partial charge in [-0.15, -0.1) is 0 Å². The van der Waals surface area contributed by atoms with Crippen LogP contribution in [0.5, 0.6) is 0 Å². The van der Waals surface area contributed by atoms with Crippen LogP contribution in [0.2, 0.25) is 0 Å². The maximum Gasteiger partial charge on any atom is 0.416 e. The van der Waals surface area contributed by atoms with E-state index in [2.05, 4.69) is 15.0 Å². The second kappa shape index (κ2) is 10.2. The van der Waals surface area contributed by atoms with Crippen LogP contribution in [-0.2, 0) is 6.18 Å². The number of benzene rings is 2. The molecule has 0 radical (unpaired) electrons. The average Bonchev–Trinajstić information content (AvgIpc) is 2.69. The monoisotopic (exact) mass is 408 g/mol. The summed E-state index contributed by atoms with van der Waals surface area (Å²) in [4.78, 5) is 3.91. The second-order valence-electron chi connectivity index (χ2n) is 5.84. The Morgan fingerprint density at radius 1 is 1.14 bits per heavy atom. The summed E-state index contributed by atoms with van der Waals surface area (Å²) in [5.74, 6) is 0.858. The van der Waals surface area contributed by atoms with Crippen LogP contribution in [0.3, 0.4) is 0 Å². The zero-order valence-corrected chi connectivity index (χ0v) is 16.5. The lowest BCUT2D eigenvalue weighted by Crippen LogP contribution is -2.10. The van der Waals surface area contributed by atoms with E-state index in [9.17, 15) is 13.2 Å². The van der Waals surface area contributed by atoms with Gasteiger partial charge in [0, 0.05) is 42.5 Å². The number of rotatable bonds is 8. The van der Waals surface area contributed by atoms with Crippen molar-refractivity contribution < 1.29 is 13.2 Å². The summed E-state index contributed by atoms with van der Waals surface area (Å²) in [5, 5.41) is 3.34. The molecule has 0 heterocycles. The molecule has 0 bridgehead atoms. The quantitative estimate of drug-likeness (QED) is 0.338. The normalized spacial score (nSPS) is 12.5. The van der Waals surface area contributed by atoms with Crippen molar-refractivity contribution in [2.45, 2.75) is 6.18 Å². The molecule has 4 nitrogen and oxygen atoms in total. The molecule has 2 aromatic rings. The van der Waals surface area contributed by atoms with Crippen LogP contribution in [0.1, 0.15) is 11.1 Å². The summed E-state index contributed by atoms with van der Waals surface area (Å²) in [7, 11) is 3.51. The Morgan fingerprint density at radius 3 is 2.43 bits per heavy atom. The van der Waals surface area contributed by atoms with Gasteiger partial charge >= 0.3 is 6.18 Å². The summed E-state index contributed by atoms with van der Waals surface area (Å²) in [5.41, 5.74) is 9.14. The van der Waals surface area contributed by atoms with E-state index in [1.54, 1.807) is 31.3 Å². The topological polar surface area (TPSA) is 62.4 Å². The third-order valence-corrected chi connectivity index (χ3v) is 4.64. The van der Waals surface area contributed by atoms with Crippen molar-refractivity contribution in [2.24, 2.45) is 10.7 Å². The standard InChI is InChI=1S/C20H23F3N4S/c1-25-10-9-18(24)17-13-15(5-8-19(17)27-11-12-28-26-2)14-3-6-16(7-4-14)20(21,22)23/h3-10,13,26-27H,11-12,24H2,1-2H3/b18-9-,25-10?. The van der Waals surface area contributed by atoms with E-state index in [0.29, 0.717) is 11.3 Å². The van der Waals surface area contributed by atoms with Crippen LogP contribution in [0, 0.1) is 0 Å². The van der Waals surface area contributed by atoms with Crippen LogP contribution in [0.25, 0.3) is 16.8 Å². The van der Waals surface area contributed by atoms with Crippen LogP contribution in [0.15, 0.2) is 53.5 Å². The number of allylic oxidation sites excluding steroid dienone is 1. The minimum absolute atomic E-state index is 0.517. The predicted molar refractivity (Wildman–Crippen MR) is 113 cm³/mol. The molecule has 0 aliphatic rings. The van der Waals surface area contributed by atoms with E-state index in [4.69, 9.17) is 5.73 Å². The first-order valence-corrected chi connectivity index (χ1v) is 9.57. The maximum absolute atomic E-state index is 12.8. The molecule has 8 heteroatoms. The van der Waals surface area contributed by atoms with Gasteiger partial charge in [0.05, 0.1) is 5.56 Å². The van der Waals surface area contributed by atoms with Crippen molar-refractivity contribution in [3.05, 3.63) is 59.7 Å². The summed E-state index contributed by atoms with van der Waals surface area (Å²) in [6.45, 7) is 0.729. The van der Waals surface area contributed by atoms with Gasteiger partial charge in [-0.1, -0.05) is 30.1 Å². The summed E-state index contributed by atoms with van der Waals surface area (Å²) < 4.78 is 41.4. The number of nitrogens with two attached hydrogens (primary N) is 1. The lowest BCUT2D eigenvalue weighted by molar-refractivity contribution is -0.137. The van der Waals surface area contributed by atoms with E-state index in [1.165, 1.54) is 12.1 Å². The second-order valence-corrected chi connectivity index (χ2v) is 6.95. The molecule has 0 spiro atoms. The molecule has 0 aromatic heterocycles. The summed E-state index contributed by atoms with van der Waals surface area (Å²) >= 11 is 1.59. The average molecular weight is 408 g/mol. The van der Waals surface area contributed by atoms with Crippen LogP contribution in [-0.4, -0.2) is 32.6 Å². The fourth-order valence-electron chi connectivity index (χ4n) is 2.55. The Hall–Kier alpha value is -2.45. The number of nitrogens with zero attached hydrogens (tertiary/aromatic N) is 1. The third-order valence-electron chi connectivity index (χ3n) is 3.94. The maximum atomic E-state index is 12.8. The number of alkyl halides is 3. The lowest BCUT2D eigenvalue weighted by Gasteiger charge is -2.15. The molecule has 0 saturated carbocycles. The number of aliphatic imine (C=N–C) groups is 1. The van der Waals surface area contributed by atoms with E-state index >= 15 is 0 Å². The molecule has 150 valence electrons. The number of halogens is 3. The molecule has 0 aliphatic carbocycles. The van der Waals surface area contributed by atoms with Gasteiger partial charge < -0.3 is 11.1 Å². The van der Waals surface area contributed by atoms with Crippen molar-refractivity contribution >= 4 is 29.5 Å². The Bertz CT molecular complexity index is 830. The Balaban J connectivity index is 2.36. The Kier molecular flexibility index (Phi) is 7.95. The molecule has 28 heavy (non-hydrogen) atoms. The molecular formula is C20H23F3N4S. The van der Waals surface area contributed by atoms with Gasteiger partial charge in [0.15, 0.2) is 0 Å². The molecular weight excluding hydrogens is 385 g/mol. The Labute approximate surface area is 167 Å². The molecule has 2 aromatic carbocycles. The highest BCUT2D eigenvalue weighted by Crippen LogP contribution is 2.32. The smallest absolute Gasteiger partial charge is 0.398 e. The molecule has 2 rings (SSSR count). The highest BCUT2D eigenvalue weighted by Gasteiger charge is 2.29. The van der Waals surface area contributed by atoms with Gasteiger partial charge in [0.2, 0.25) is 0 Å². The van der Waals surface area contributed by atoms with Gasteiger partial charge in [0.25, 0.3) is 0 Å². The van der Waals surface area contributed by atoms with Crippen molar-refractivity contribution in [3.8, 4) is 11.1 Å². The largest absolute Gasteiger partial charge is 0.416 e. The molecule has 0 aliphatic heterocycles. The van der Waals surface area contributed by atoms with Crippen LogP contribution >= 0.6 is 11.9 Å². The van der Waals surface area contributed by atoms with Crippen molar-refractivity contribution in [1.29, 1.82) is 0 Å². The molecule has 0 atom stereocenters. The van der Waals surface area contributed by atoms with Gasteiger partial charge in [-0.25, -0.2) is 0 Å². The third kappa shape index (κ3) is 6.03. The first-order chi connectivity index (χ1) is 13.4. The zero-order chi connectivity index (χ0) is 20.6. The zero-order valence-electron chi connectivity index (χ0n) is 15.7. The van der Waals surface area contributed by atoms with E-state index in [0.717, 1.165) is 41.2 Å². The molecule has 0 amide bonds. The van der Waals surface area contributed by atoms with E-state index < -0.39 is 11.7 Å². The van der Waals surface area contributed by atoms with Gasteiger partial charge in [-0.3, -0.25) is 9.71 Å². The summed E-state index contributed by atoms with van der Waals surface area (Å²) in [6.07, 6.45) is -1.06. The Morgan fingerprint density at radius 2 is 1.82 bits per heavy atom. The lowest BCUT2D eigenvalue weighted by atomic mass is 9.99. The minimum atomic E-state index is -4.35. The van der Waals surface area contributed by atoms with Crippen LogP contribution in [0.4, 0.5) is 18.9 Å². The molecule has 0 fully saturated rings. The first-order valence-electron chi connectivity index (χ1n) is 8.59. The SMILES string of the molecule is CN=C/C=C(\N)c1cc(-c2ccc(C(F)(F)F)cc2)ccc1NCCSNC. The van der Waals surface area contributed by atoms with E-state index in [-0.39, 0.29) is 0 Å². The highest BCUT2D eigenvalue weighted by atomic mass is 32.2. The molecule has 0 saturated heterocycles. The fraction of sp³-hybridized carbons (Fsp3) is 0.250. The van der Waals surface area contributed by atoms with Gasteiger partial charge in [0.1, 0.15) is 0 Å². The van der Waals surface area contributed by atoms with Crippen molar-refractivity contribution in [1.82, 2.24) is 4.72 Å². The van der Waals surface area contributed by atoms with E-state index in [1.807, 2.05) is 25.2 Å². The number of hydrogen-bond donors (Lipinski definition) is 3. The minimum Gasteiger partial charge on any atom is -0.398 e. The first kappa shape index (κ1) is 21.8. The number of nitrogens with one attached hydrogen (secondary N) is 2. The van der Waals surface area contributed by atoms with Crippen molar-refractivity contribution in [2.75, 3.05) is 31.7 Å². The summed E-state index contributed by atoms with van der Waals surface area (Å²) in [6, 6.07) is 10.7. The van der Waals surface area contributed by atoms with Gasteiger partial charge in [-0.05, 0) is 48.5 Å². The highest BCUT2D eigenvalue weighted by molar-refractivity contribution is 7.97.